The van der Waals surface area contributed by atoms with E-state index in [0.29, 0.717) is 23.5 Å². The van der Waals surface area contributed by atoms with Crippen LogP contribution >= 0.6 is 0 Å². The van der Waals surface area contributed by atoms with E-state index in [0.717, 1.165) is 12.2 Å². The van der Waals surface area contributed by atoms with Gasteiger partial charge in [0.25, 0.3) is 0 Å². The maximum Gasteiger partial charge on any atom is 0.338 e. The smallest absolute Gasteiger partial charge is 0.338 e. The fourth-order valence-electron chi connectivity index (χ4n) is 1.76. The minimum Gasteiger partial charge on any atom is -0.462 e. The van der Waals surface area contributed by atoms with E-state index < -0.39 is 0 Å². The Morgan fingerprint density at radius 2 is 2.25 bits per heavy atom. The third kappa shape index (κ3) is 3.09. The van der Waals surface area contributed by atoms with E-state index in [1.54, 1.807) is 36.0 Å². The van der Waals surface area contributed by atoms with Crippen molar-refractivity contribution in [3.8, 4) is 0 Å². The van der Waals surface area contributed by atoms with Crippen LogP contribution in [0.15, 0.2) is 30.6 Å². The molecule has 0 unspecified atom stereocenters. The molecule has 0 atom stereocenters. The lowest BCUT2D eigenvalue weighted by atomic mass is 10.1. The molecule has 1 heterocycles. The monoisotopic (exact) mass is 274 g/mol. The second-order valence-corrected chi connectivity index (χ2v) is 4.23. The largest absolute Gasteiger partial charge is 0.462 e. The molecule has 3 N–H and O–H groups in total. The molecule has 0 aliphatic rings. The number of nitrogens with two attached hydrogens (primary N) is 1. The lowest BCUT2D eigenvalue weighted by Gasteiger charge is -2.09. The summed E-state index contributed by atoms with van der Waals surface area (Å²) >= 11 is 0. The van der Waals surface area contributed by atoms with Gasteiger partial charge in [0.05, 0.1) is 35.4 Å². The SMILES string of the molecule is CCOC(=O)c1ccc(N)c(Nc2cnn(CC)c2)c1. The second-order valence-electron chi connectivity index (χ2n) is 4.23. The highest BCUT2D eigenvalue weighted by atomic mass is 16.5. The van der Waals surface area contributed by atoms with Crippen molar-refractivity contribution in [1.82, 2.24) is 9.78 Å². The van der Waals surface area contributed by atoms with E-state index in [1.807, 2.05) is 13.1 Å². The number of aryl methyl sites for hydroxylation is 1. The minimum absolute atomic E-state index is 0.343. The van der Waals surface area contributed by atoms with Gasteiger partial charge in [0, 0.05) is 12.7 Å². The van der Waals surface area contributed by atoms with Crippen LogP contribution < -0.4 is 11.1 Å². The molecule has 0 aliphatic carbocycles. The molecule has 2 aromatic rings. The zero-order chi connectivity index (χ0) is 14.5. The van der Waals surface area contributed by atoms with Gasteiger partial charge in [-0.3, -0.25) is 4.68 Å². The van der Waals surface area contributed by atoms with Gasteiger partial charge in [-0.2, -0.15) is 5.10 Å². The Bertz CT molecular complexity index is 607. The molecule has 0 fully saturated rings. The summed E-state index contributed by atoms with van der Waals surface area (Å²) in [6.07, 6.45) is 3.58. The van der Waals surface area contributed by atoms with Gasteiger partial charge < -0.3 is 15.8 Å². The van der Waals surface area contributed by atoms with E-state index in [1.165, 1.54) is 0 Å². The molecule has 0 bridgehead atoms. The zero-order valence-corrected chi connectivity index (χ0v) is 11.6. The van der Waals surface area contributed by atoms with Crippen LogP contribution in [0, 0.1) is 0 Å². The number of anilines is 3. The van der Waals surface area contributed by atoms with Crippen LogP contribution in [0.2, 0.25) is 0 Å². The Morgan fingerprint density at radius 1 is 1.45 bits per heavy atom. The molecule has 1 aromatic carbocycles. The molecule has 106 valence electrons. The quantitative estimate of drug-likeness (QED) is 0.646. The molecule has 6 heteroatoms. The van der Waals surface area contributed by atoms with Crippen LogP contribution in [0.5, 0.6) is 0 Å². The maximum absolute atomic E-state index is 11.7. The number of hydrogen-bond acceptors (Lipinski definition) is 5. The average molecular weight is 274 g/mol. The van der Waals surface area contributed by atoms with Gasteiger partial charge in [-0.25, -0.2) is 4.79 Å². The Kier molecular flexibility index (Phi) is 4.24. The standard InChI is InChI=1S/C14H18N4O2/c1-3-18-9-11(8-16-18)17-13-7-10(5-6-12(13)15)14(19)20-4-2/h5-9,17H,3-4,15H2,1-2H3. The highest BCUT2D eigenvalue weighted by Crippen LogP contribution is 2.24. The summed E-state index contributed by atoms with van der Waals surface area (Å²) in [6.45, 7) is 4.91. The molecule has 0 saturated heterocycles. The van der Waals surface area contributed by atoms with E-state index in [2.05, 4.69) is 10.4 Å². The van der Waals surface area contributed by atoms with Crippen LogP contribution in [-0.2, 0) is 11.3 Å². The molecule has 0 spiro atoms. The van der Waals surface area contributed by atoms with Crippen molar-refractivity contribution in [3.05, 3.63) is 36.2 Å². The van der Waals surface area contributed by atoms with Crippen LogP contribution in [0.25, 0.3) is 0 Å². The molecule has 1 aromatic heterocycles. The summed E-state index contributed by atoms with van der Waals surface area (Å²) in [4.78, 5) is 11.7. The fraction of sp³-hybridized carbons (Fsp3) is 0.286. The predicted molar refractivity (Wildman–Crippen MR) is 78.0 cm³/mol. The first-order chi connectivity index (χ1) is 9.63. The maximum atomic E-state index is 11.7. The second kappa shape index (κ2) is 6.10. The summed E-state index contributed by atoms with van der Waals surface area (Å²) in [5.74, 6) is -0.361. The van der Waals surface area contributed by atoms with E-state index in [9.17, 15) is 4.79 Å². The number of ether oxygens (including phenoxy) is 1. The van der Waals surface area contributed by atoms with Crippen LogP contribution in [0.4, 0.5) is 17.1 Å². The summed E-state index contributed by atoms with van der Waals surface area (Å²) in [6, 6.07) is 5.00. The van der Waals surface area contributed by atoms with Crippen LogP contribution in [0.3, 0.4) is 0 Å². The topological polar surface area (TPSA) is 82.2 Å². The summed E-state index contributed by atoms with van der Waals surface area (Å²) in [7, 11) is 0. The third-order valence-corrected chi connectivity index (χ3v) is 2.80. The lowest BCUT2D eigenvalue weighted by Crippen LogP contribution is -2.06. The number of carbonyl (C=O) groups excluding carboxylic acids is 1. The van der Waals surface area contributed by atoms with Crippen molar-refractivity contribution < 1.29 is 9.53 Å². The number of esters is 1. The highest BCUT2D eigenvalue weighted by Gasteiger charge is 2.10. The summed E-state index contributed by atoms with van der Waals surface area (Å²) < 4.78 is 6.77. The summed E-state index contributed by atoms with van der Waals surface area (Å²) in [5.41, 5.74) is 8.41. The minimum atomic E-state index is -0.361. The average Bonchev–Trinajstić information content (AvgIpc) is 2.89. The first-order valence-corrected chi connectivity index (χ1v) is 6.50. The first kappa shape index (κ1) is 13.9. The van der Waals surface area contributed by atoms with Crippen molar-refractivity contribution in [3.63, 3.8) is 0 Å². The summed E-state index contributed by atoms with van der Waals surface area (Å²) in [5, 5.41) is 7.32. The van der Waals surface area contributed by atoms with Gasteiger partial charge in [0.1, 0.15) is 0 Å². The zero-order valence-electron chi connectivity index (χ0n) is 11.6. The molecule has 0 aliphatic heterocycles. The Hall–Kier alpha value is -2.50. The van der Waals surface area contributed by atoms with Crippen molar-refractivity contribution >= 4 is 23.0 Å². The Morgan fingerprint density at radius 3 is 2.90 bits per heavy atom. The van der Waals surface area contributed by atoms with E-state index >= 15 is 0 Å². The molecule has 0 saturated carbocycles. The number of carbonyl (C=O) groups is 1. The molecule has 6 nitrogen and oxygen atoms in total. The molecule has 20 heavy (non-hydrogen) atoms. The number of nitrogens with one attached hydrogen (secondary N) is 1. The predicted octanol–water partition coefficient (Wildman–Crippen LogP) is 2.41. The Balaban J connectivity index is 2.22. The number of nitrogen functional groups attached to an aromatic ring is 1. The number of aromatic nitrogens is 2. The normalized spacial score (nSPS) is 10.3. The number of rotatable bonds is 5. The van der Waals surface area contributed by atoms with E-state index in [4.69, 9.17) is 10.5 Å². The van der Waals surface area contributed by atoms with Gasteiger partial charge in [0.15, 0.2) is 0 Å². The molecular weight excluding hydrogens is 256 g/mol. The van der Waals surface area contributed by atoms with Crippen LogP contribution in [-0.4, -0.2) is 22.4 Å². The van der Waals surface area contributed by atoms with Crippen molar-refractivity contribution in [1.29, 1.82) is 0 Å². The molecular formula is C14H18N4O2. The molecule has 0 radical (unpaired) electrons. The molecule has 2 rings (SSSR count). The van der Waals surface area contributed by atoms with Gasteiger partial charge in [-0.15, -0.1) is 0 Å². The van der Waals surface area contributed by atoms with Crippen molar-refractivity contribution in [2.24, 2.45) is 0 Å². The van der Waals surface area contributed by atoms with Gasteiger partial charge >= 0.3 is 5.97 Å². The Labute approximate surface area is 117 Å². The molecule has 0 amide bonds. The highest BCUT2D eigenvalue weighted by molar-refractivity contribution is 5.92. The number of nitrogens with zero attached hydrogens (tertiary/aromatic N) is 2. The number of benzene rings is 1. The van der Waals surface area contributed by atoms with Crippen LogP contribution in [0.1, 0.15) is 24.2 Å². The van der Waals surface area contributed by atoms with Crippen molar-refractivity contribution in [2.45, 2.75) is 20.4 Å². The third-order valence-electron chi connectivity index (χ3n) is 2.80. The number of hydrogen-bond donors (Lipinski definition) is 2. The van der Waals surface area contributed by atoms with Gasteiger partial charge in [0.2, 0.25) is 0 Å². The lowest BCUT2D eigenvalue weighted by molar-refractivity contribution is 0.0526. The first-order valence-electron chi connectivity index (χ1n) is 6.50. The van der Waals surface area contributed by atoms with Gasteiger partial charge in [-0.05, 0) is 32.0 Å². The van der Waals surface area contributed by atoms with Gasteiger partial charge in [-0.1, -0.05) is 0 Å². The van der Waals surface area contributed by atoms with E-state index in [-0.39, 0.29) is 5.97 Å². The van der Waals surface area contributed by atoms with Crippen molar-refractivity contribution in [2.75, 3.05) is 17.7 Å². The fourth-order valence-corrected chi connectivity index (χ4v) is 1.76.